The van der Waals surface area contributed by atoms with Crippen LogP contribution in [0.25, 0.3) is 22.6 Å². The number of carbonyl (C=O) groups excluding carboxylic acids is 1. The zero-order valence-electron chi connectivity index (χ0n) is 15.4. The Balaban J connectivity index is 1.56. The summed E-state index contributed by atoms with van der Waals surface area (Å²) in [4.78, 5) is 17.0. The fourth-order valence-electron chi connectivity index (χ4n) is 2.83. The maximum atomic E-state index is 12.5. The average molecular weight is 427 g/mol. The van der Waals surface area contributed by atoms with Gasteiger partial charge in [0.25, 0.3) is 5.91 Å². The summed E-state index contributed by atoms with van der Waals surface area (Å²) in [5, 5.41) is 3.55. The standard InChI is InChI=1S/C22H16Cl2N2O3/c1-2-28-16-7-3-13(4-8-16)22-26-19-12-15(6-10-20(19)29-22)25-21(27)14-5-9-17(23)18(24)11-14/h3-12H,2H2,1H3,(H,25,27). The van der Waals surface area contributed by atoms with Gasteiger partial charge in [-0.1, -0.05) is 23.2 Å². The number of fused-ring (bicyclic) bond motifs is 1. The smallest absolute Gasteiger partial charge is 0.255 e. The van der Waals surface area contributed by atoms with E-state index in [1.807, 2.05) is 31.2 Å². The van der Waals surface area contributed by atoms with Gasteiger partial charge < -0.3 is 14.5 Å². The number of nitrogens with one attached hydrogen (secondary N) is 1. The van der Waals surface area contributed by atoms with Crippen LogP contribution in [0.1, 0.15) is 17.3 Å². The molecule has 0 saturated carbocycles. The molecule has 1 amide bonds. The number of carbonyl (C=O) groups is 1. The molecular formula is C22H16Cl2N2O3. The first-order valence-electron chi connectivity index (χ1n) is 8.93. The van der Waals surface area contributed by atoms with Gasteiger partial charge in [-0.25, -0.2) is 4.98 Å². The number of halogens is 2. The van der Waals surface area contributed by atoms with E-state index in [1.54, 1.807) is 30.3 Å². The lowest BCUT2D eigenvalue weighted by atomic mass is 10.2. The molecule has 0 bridgehead atoms. The van der Waals surface area contributed by atoms with Crippen molar-refractivity contribution in [3.8, 4) is 17.2 Å². The van der Waals surface area contributed by atoms with E-state index in [4.69, 9.17) is 32.4 Å². The Morgan fingerprint density at radius 1 is 1.03 bits per heavy atom. The normalized spacial score (nSPS) is 10.9. The van der Waals surface area contributed by atoms with Crippen molar-refractivity contribution in [3.63, 3.8) is 0 Å². The minimum absolute atomic E-state index is 0.293. The van der Waals surface area contributed by atoms with E-state index < -0.39 is 0 Å². The van der Waals surface area contributed by atoms with E-state index in [2.05, 4.69) is 10.3 Å². The van der Waals surface area contributed by atoms with E-state index in [0.29, 0.717) is 44.9 Å². The molecule has 0 unspecified atom stereocenters. The molecule has 5 nitrogen and oxygen atoms in total. The number of nitrogens with zero attached hydrogens (tertiary/aromatic N) is 1. The quantitative estimate of drug-likeness (QED) is 0.397. The predicted molar refractivity (Wildman–Crippen MR) is 115 cm³/mol. The highest BCUT2D eigenvalue weighted by molar-refractivity contribution is 6.42. The molecule has 0 fully saturated rings. The van der Waals surface area contributed by atoms with E-state index in [1.165, 1.54) is 6.07 Å². The Kier molecular flexibility index (Phi) is 5.43. The monoisotopic (exact) mass is 426 g/mol. The number of anilines is 1. The first kappa shape index (κ1) is 19.3. The van der Waals surface area contributed by atoms with E-state index in [9.17, 15) is 4.79 Å². The fourth-order valence-corrected chi connectivity index (χ4v) is 3.13. The Bertz CT molecular complexity index is 1190. The van der Waals surface area contributed by atoms with Gasteiger partial charge in [0, 0.05) is 16.8 Å². The number of rotatable bonds is 5. The molecule has 0 spiro atoms. The maximum Gasteiger partial charge on any atom is 0.255 e. The number of benzene rings is 3. The molecule has 4 aromatic rings. The summed E-state index contributed by atoms with van der Waals surface area (Å²) < 4.78 is 11.3. The van der Waals surface area contributed by atoms with Crippen molar-refractivity contribution in [1.82, 2.24) is 4.98 Å². The van der Waals surface area contributed by atoms with Crippen molar-refractivity contribution in [2.75, 3.05) is 11.9 Å². The molecule has 0 aliphatic carbocycles. The fraction of sp³-hybridized carbons (Fsp3) is 0.0909. The number of hydrogen-bond acceptors (Lipinski definition) is 4. The second kappa shape index (κ2) is 8.15. The lowest BCUT2D eigenvalue weighted by Crippen LogP contribution is -2.11. The van der Waals surface area contributed by atoms with Gasteiger partial charge in [-0.2, -0.15) is 0 Å². The van der Waals surface area contributed by atoms with Gasteiger partial charge in [-0.15, -0.1) is 0 Å². The summed E-state index contributed by atoms with van der Waals surface area (Å²) in [7, 11) is 0. The molecule has 0 aliphatic heterocycles. The van der Waals surface area contributed by atoms with Crippen molar-refractivity contribution in [2.45, 2.75) is 6.92 Å². The molecule has 146 valence electrons. The molecule has 1 N–H and O–H groups in total. The van der Waals surface area contributed by atoms with Crippen molar-refractivity contribution >= 4 is 45.9 Å². The summed E-state index contributed by atoms with van der Waals surface area (Å²) in [6, 6.07) is 17.5. The Morgan fingerprint density at radius 2 is 1.83 bits per heavy atom. The summed E-state index contributed by atoms with van der Waals surface area (Å²) in [6.07, 6.45) is 0. The third-order valence-corrected chi connectivity index (χ3v) is 4.98. The van der Waals surface area contributed by atoms with Crippen LogP contribution in [-0.2, 0) is 0 Å². The van der Waals surface area contributed by atoms with Crippen LogP contribution in [0.5, 0.6) is 5.75 Å². The molecule has 3 aromatic carbocycles. The van der Waals surface area contributed by atoms with E-state index in [0.717, 1.165) is 11.3 Å². The first-order chi connectivity index (χ1) is 14.0. The minimum Gasteiger partial charge on any atom is -0.494 e. The summed E-state index contributed by atoms with van der Waals surface area (Å²) in [5.41, 5.74) is 3.11. The third-order valence-electron chi connectivity index (χ3n) is 4.24. The van der Waals surface area contributed by atoms with Crippen LogP contribution in [0.4, 0.5) is 5.69 Å². The third kappa shape index (κ3) is 4.21. The van der Waals surface area contributed by atoms with Crippen molar-refractivity contribution < 1.29 is 13.9 Å². The Morgan fingerprint density at radius 3 is 2.55 bits per heavy atom. The highest BCUT2D eigenvalue weighted by atomic mass is 35.5. The second-order valence-corrected chi connectivity index (χ2v) is 7.06. The summed E-state index contributed by atoms with van der Waals surface area (Å²) >= 11 is 11.9. The van der Waals surface area contributed by atoms with Gasteiger partial charge >= 0.3 is 0 Å². The topological polar surface area (TPSA) is 64.4 Å². The van der Waals surface area contributed by atoms with Crippen LogP contribution >= 0.6 is 23.2 Å². The number of hydrogen-bond donors (Lipinski definition) is 1. The zero-order chi connectivity index (χ0) is 20.4. The largest absolute Gasteiger partial charge is 0.494 e. The van der Waals surface area contributed by atoms with Crippen LogP contribution in [-0.4, -0.2) is 17.5 Å². The van der Waals surface area contributed by atoms with Crippen molar-refractivity contribution in [3.05, 3.63) is 76.3 Å². The lowest BCUT2D eigenvalue weighted by molar-refractivity contribution is 0.102. The Hall–Kier alpha value is -3.02. The molecule has 29 heavy (non-hydrogen) atoms. The van der Waals surface area contributed by atoms with Crippen molar-refractivity contribution in [2.24, 2.45) is 0 Å². The SMILES string of the molecule is CCOc1ccc(-c2nc3cc(NC(=O)c4ccc(Cl)c(Cl)c4)ccc3o2)cc1. The number of oxazole rings is 1. The first-order valence-corrected chi connectivity index (χ1v) is 9.69. The molecule has 0 saturated heterocycles. The molecular weight excluding hydrogens is 411 g/mol. The number of amides is 1. The lowest BCUT2D eigenvalue weighted by Gasteiger charge is -2.06. The highest BCUT2D eigenvalue weighted by Crippen LogP contribution is 2.28. The van der Waals surface area contributed by atoms with Crippen LogP contribution in [0.2, 0.25) is 10.0 Å². The second-order valence-electron chi connectivity index (χ2n) is 6.24. The Labute approximate surface area is 177 Å². The average Bonchev–Trinajstić information content (AvgIpc) is 3.14. The van der Waals surface area contributed by atoms with Gasteiger partial charge in [0.1, 0.15) is 11.3 Å². The van der Waals surface area contributed by atoms with E-state index >= 15 is 0 Å². The van der Waals surface area contributed by atoms with Gasteiger partial charge in [-0.05, 0) is 67.6 Å². The summed E-state index contributed by atoms with van der Waals surface area (Å²) in [6.45, 7) is 2.55. The number of ether oxygens (including phenoxy) is 1. The molecule has 0 aliphatic rings. The zero-order valence-corrected chi connectivity index (χ0v) is 16.9. The van der Waals surface area contributed by atoms with Crippen molar-refractivity contribution in [1.29, 1.82) is 0 Å². The van der Waals surface area contributed by atoms with Gasteiger partial charge in [0.15, 0.2) is 5.58 Å². The molecule has 1 heterocycles. The minimum atomic E-state index is -0.293. The van der Waals surface area contributed by atoms with Crippen LogP contribution in [0, 0.1) is 0 Å². The predicted octanol–water partition coefficient (Wildman–Crippen LogP) is 6.45. The molecule has 7 heteroatoms. The van der Waals surface area contributed by atoms with Crippen LogP contribution < -0.4 is 10.1 Å². The molecule has 1 aromatic heterocycles. The maximum absolute atomic E-state index is 12.5. The van der Waals surface area contributed by atoms with Gasteiger partial charge in [0.2, 0.25) is 5.89 Å². The van der Waals surface area contributed by atoms with Crippen LogP contribution in [0.15, 0.2) is 65.1 Å². The number of aromatic nitrogens is 1. The molecule has 0 radical (unpaired) electrons. The van der Waals surface area contributed by atoms with E-state index in [-0.39, 0.29) is 5.91 Å². The van der Waals surface area contributed by atoms with Gasteiger partial charge in [-0.3, -0.25) is 4.79 Å². The highest BCUT2D eigenvalue weighted by Gasteiger charge is 2.12. The van der Waals surface area contributed by atoms with Crippen LogP contribution in [0.3, 0.4) is 0 Å². The summed E-state index contributed by atoms with van der Waals surface area (Å²) in [5.74, 6) is 0.994. The molecule has 0 atom stereocenters. The molecule has 4 rings (SSSR count). The van der Waals surface area contributed by atoms with Gasteiger partial charge in [0.05, 0.1) is 16.7 Å².